The van der Waals surface area contributed by atoms with Crippen molar-refractivity contribution in [3.8, 4) is 5.75 Å². The van der Waals surface area contributed by atoms with Gasteiger partial charge in [-0.1, -0.05) is 78.9 Å². The molecule has 8 nitrogen and oxygen atoms in total. The van der Waals surface area contributed by atoms with Crippen LogP contribution in [0.1, 0.15) is 23.6 Å². The molecule has 1 heterocycles. The lowest BCUT2D eigenvalue weighted by Crippen LogP contribution is -2.41. The van der Waals surface area contributed by atoms with E-state index in [1.807, 2.05) is 104 Å². The summed E-state index contributed by atoms with van der Waals surface area (Å²) in [6.45, 7) is 5.30. The van der Waals surface area contributed by atoms with Crippen LogP contribution in [0.2, 0.25) is 0 Å². The molecule has 3 aromatic carbocycles. The van der Waals surface area contributed by atoms with Gasteiger partial charge in [-0.15, -0.1) is 0 Å². The Morgan fingerprint density at radius 1 is 0.949 bits per heavy atom. The second kappa shape index (κ2) is 14.2. The first-order chi connectivity index (χ1) is 19.0. The van der Waals surface area contributed by atoms with Crippen LogP contribution in [0.5, 0.6) is 5.75 Å². The Balaban J connectivity index is 1.34. The van der Waals surface area contributed by atoms with Gasteiger partial charge in [-0.05, 0) is 36.6 Å². The van der Waals surface area contributed by atoms with Crippen LogP contribution in [-0.2, 0) is 37.0 Å². The van der Waals surface area contributed by atoms with E-state index >= 15 is 0 Å². The average molecular weight is 531 g/mol. The maximum Gasteiger partial charge on any atom is 0.351 e. The molecule has 0 spiro atoms. The second-order valence-electron chi connectivity index (χ2n) is 9.45. The molecule has 3 aromatic rings. The summed E-state index contributed by atoms with van der Waals surface area (Å²) < 4.78 is 22.9. The number of aliphatic imine (C=N–C) groups is 1. The van der Waals surface area contributed by atoms with Gasteiger partial charge in [-0.3, -0.25) is 9.89 Å². The molecule has 8 heteroatoms. The van der Waals surface area contributed by atoms with E-state index in [1.54, 1.807) is 0 Å². The largest absolute Gasteiger partial charge is 0.491 e. The lowest BCUT2D eigenvalue weighted by Gasteiger charge is -2.22. The third kappa shape index (κ3) is 8.77. The van der Waals surface area contributed by atoms with Crippen molar-refractivity contribution in [1.82, 2.24) is 4.90 Å². The van der Waals surface area contributed by atoms with Crippen LogP contribution in [0.3, 0.4) is 0 Å². The zero-order chi connectivity index (χ0) is 27.5. The van der Waals surface area contributed by atoms with Crippen LogP contribution >= 0.6 is 0 Å². The smallest absolute Gasteiger partial charge is 0.351 e. The van der Waals surface area contributed by atoms with Gasteiger partial charge in [-0.25, -0.2) is 9.59 Å². The van der Waals surface area contributed by atoms with Crippen LogP contribution in [0, 0.1) is 6.92 Å². The second-order valence-corrected chi connectivity index (χ2v) is 9.45. The minimum atomic E-state index is -0.901. The maximum atomic E-state index is 13.0. The Morgan fingerprint density at radius 2 is 1.56 bits per heavy atom. The minimum Gasteiger partial charge on any atom is -0.491 e. The fourth-order valence-corrected chi connectivity index (χ4v) is 4.18. The van der Waals surface area contributed by atoms with E-state index in [9.17, 15) is 9.59 Å². The normalized spacial score (nSPS) is 18.1. The number of carbonyl (C=O) groups excluding carboxylic acids is 2. The first-order valence-electron chi connectivity index (χ1n) is 13.0. The summed E-state index contributed by atoms with van der Waals surface area (Å²) in [5.41, 5.74) is 2.81. The van der Waals surface area contributed by atoms with Crippen molar-refractivity contribution in [3.05, 3.63) is 102 Å². The van der Waals surface area contributed by atoms with Gasteiger partial charge in [0.2, 0.25) is 6.23 Å². The number of ether oxygens (including phenoxy) is 4. The van der Waals surface area contributed by atoms with Gasteiger partial charge in [0.05, 0.1) is 6.04 Å². The van der Waals surface area contributed by atoms with Crippen molar-refractivity contribution < 1.29 is 28.5 Å². The summed E-state index contributed by atoms with van der Waals surface area (Å²) in [6.07, 6.45) is -0.0563. The van der Waals surface area contributed by atoms with E-state index in [4.69, 9.17) is 18.9 Å². The van der Waals surface area contributed by atoms with Crippen molar-refractivity contribution >= 4 is 18.2 Å². The highest BCUT2D eigenvalue weighted by molar-refractivity contribution is 6.23. The van der Waals surface area contributed by atoms with Crippen LogP contribution < -0.4 is 4.74 Å². The molecular formula is C31H34N2O6. The van der Waals surface area contributed by atoms with E-state index < -0.39 is 18.2 Å². The molecular weight excluding hydrogens is 496 g/mol. The van der Waals surface area contributed by atoms with Gasteiger partial charge >= 0.3 is 11.9 Å². The molecule has 0 aliphatic carbocycles. The zero-order valence-corrected chi connectivity index (χ0v) is 22.3. The molecule has 0 amide bonds. The molecule has 39 heavy (non-hydrogen) atoms. The summed E-state index contributed by atoms with van der Waals surface area (Å²) >= 11 is 0. The molecule has 1 fully saturated rings. The Bertz CT molecular complexity index is 1230. The van der Waals surface area contributed by atoms with E-state index in [-0.39, 0.29) is 32.0 Å². The average Bonchev–Trinajstić information content (AvgIpc) is 3.36. The van der Waals surface area contributed by atoms with Crippen molar-refractivity contribution in [1.29, 1.82) is 0 Å². The summed E-state index contributed by atoms with van der Waals surface area (Å²) in [4.78, 5) is 31.4. The maximum absolute atomic E-state index is 13.0. The summed E-state index contributed by atoms with van der Waals surface area (Å²) in [7, 11) is 0. The third-order valence-electron chi connectivity index (χ3n) is 6.19. The topological polar surface area (TPSA) is 86.7 Å². The first-order valence-corrected chi connectivity index (χ1v) is 13.0. The van der Waals surface area contributed by atoms with E-state index in [1.165, 1.54) is 6.21 Å². The molecule has 0 radical (unpaired) electrons. The summed E-state index contributed by atoms with van der Waals surface area (Å²) in [6, 6.07) is 26.4. The lowest BCUT2D eigenvalue weighted by molar-refractivity contribution is -0.165. The number of para-hydroxylation sites is 1. The van der Waals surface area contributed by atoms with E-state index in [0.29, 0.717) is 13.1 Å². The molecule has 3 atom stereocenters. The first kappa shape index (κ1) is 28.0. The van der Waals surface area contributed by atoms with Crippen LogP contribution in [-0.4, -0.2) is 61.1 Å². The van der Waals surface area contributed by atoms with Gasteiger partial charge in [0.1, 0.15) is 37.9 Å². The minimum absolute atomic E-state index is 0.151. The number of hydrogen-bond donors (Lipinski definition) is 0. The highest BCUT2D eigenvalue weighted by Crippen LogP contribution is 2.22. The Labute approximate surface area is 229 Å². The zero-order valence-electron chi connectivity index (χ0n) is 22.3. The van der Waals surface area contributed by atoms with Gasteiger partial charge in [-0.2, -0.15) is 0 Å². The van der Waals surface area contributed by atoms with Gasteiger partial charge in [0, 0.05) is 13.1 Å². The number of esters is 2. The molecule has 0 saturated carbocycles. The Morgan fingerprint density at radius 3 is 2.23 bits per heavy atom. The van der Waals surface area contributed by atoms with Crippen molar-refractivity contribution in [2.75, 3.05) is 19.7 Å². The highest BCUT2D eigenvalue weighted by Gasteiger charge is 2.39. The molecule has 1 aliphatic rings. The van der Waals surface area contributed by atoms with Gasteiger partial charge in [0.15, 0.2) is 0 Å². The molecule has 3 unspecified atom stereocenters. The molecule has 1 saturated heterocycles. The number of nitrogens with zero attached hydrogens (tertiary/aromatic N) is 2. The van der Waals surface area contributed by atoms with Crippen LogP contribution in [0.25, 0.3) is 0 Å². The molecule has 0 N–H and O–H groups in total. The molecule has 1 aliphatic heterocycles. The molecule has 0 bridgehead atoms. The summed E-state index contributed by atoms with van der Waals surface area (Å²) in [5.74, 6) is -0.225. The highest BCUT2D eigenvalue weighted by atomic mass is 16.6. The van der Waals surface area contributed by atoms with Gasteiger partial charge < -0.3 is 18.9 Å². The molecule has 204 valence electrons. The molecule has 4 rings (SSSR count). The molecule has 0 aromatic heterocycles. The SMILES string of the molecule is Cc1ccccc1OCC1CN(CC(C)/N=C/C(=O)OCc2ccccc2)C(C(=O)OCc2ccccc2)O1. The lowest BCUT2D eigenvalue weighted by atomic mass is 10.2. The predicted octanol–water partition coefficient (Wildman–Crippen LogP) is 4.35. The number of benzene rings is 3. The van der Waals surface area contributed by atoms with Crippen molar-refractivity contribution in [2.24, 2.45) is 4.99 Å². The Kier molecular flexibility index (Phi) is 10.2. The predicted molar refractivity (Wildman–Crippen MR) is 147 cm³/mol. The number of hydrogen-bond acceptors (Lipinski definition) is 8. The fraction of sp³-hybridized carbons (Fsp3) is 0.323. The van der Waals surface area contributed by atoms with Crippen LogP contribution in [0.4, 0.5) is 0 Å². The number of carbonyl (C=O) groups is 2. The van der Waals surface area contributed by atoms with E-state index in [0.717, 1.165) is 22.4 Å². The number of aryl methyl sites for hydroxylation is 1. The quantitative estimate of drug-likeness (QED) is 0.254. The van der Waals surface area contributed by atoms with Gasteiger partial charge in [0.25, 0.3) is 0 Å². The number of rotatable bonds is 12. The van der Waals surface area contributed by atoms with Crippen molar-refractivity contribution in [3.63, 3.8) is 0 Å². The standard InChI is InChI=1S/C31H34N2O6/c1-23-11-9-10-16-28(23)36-22-27-19-33(30(39-27)31(35)38-21-26-14-7-4-8-15-26)18-24(2)32-17-29(34)37-20-25-12-5-3-6-13-25/h3-17,24,27,30H,18-22H2,1-2H3/b32-17+. The van der Waals surface area contributed by atoms with Crippen molar-refractivity contribution in [2.45, 2.75) is 45.4 Å². The van der Waals surface area contributed by atoms with E-state index in [2.05, 4.69) is 4.99 Å². The fourth-order valence-electron chi connectivity index (χ4n) is 4.18. The van der Waals surface area contributed by atoms with Crippen LogP contribution in [0.15, 0.2) is 89.9 Å². The monoisotopic (exact) mass is 530 g/mol. The Hall–Kier alpha value is -4.01. The summed E-state index contributed by atoms with van der Waals surface area (Å²) in [5, 5.41) is 0. The third-order valence-corrected chi connectivity index (χ3v) is 6.19.